The number of aryl methyl sites for hydroxylation is 2. The maximum atomic E-state index is 9.17. The quantitative estimate of drug-likeness (QED) is 0.455. The van der Waals surface area contributed by atoms with E-state index in [-0.39, 0.29) is 6.61 Å². The summed E-state index contributed by atoms with van der Waals surface area (Å²) in [4.78, 5) is 4.70. The van der Waals surface area contributed by atoms with Gasteiger partial charge in [0.05, 0.1) is 0 Å². The molecule has 0 aliphatic rings. The fourth-order valence-electron chi connectivity index (χ4n) is 2.92. The summed E-state index contributed by atoms with van der Waals surface area (Å²) in [6.45, 7) is 11.3. The maximum absolute atomic E-state index is 9.17. The van der Waals surface area contributed by atoms with E-state index in [0.29, 0.717) is 5.92 Å². The van der Waals surface area contributed by atoms with Crippen LogP contribution in [0.25, 0.3) is 0 Å². The van der Waals surface area contributed by atoms with E-state index in [1.165, 1.54) is 16.7 Å². The molecule has 0 heterocycles. The van der Waals surface area contributed by atoms with Crippen molar-refractivity contribution < 1.29 is 5.11 Å². The number of hydrogen-bond acceptors (Lipinski definition) is 2. The van der Waals surface area contributed by atoms with Gasteiger partial charge in [0, 0.05) is 26.2 Å². The zero-order valence-corrected chi connectivity index (χ0v) is 15.9. The Hall–Kier alpha value is -1.55. The summed E-state index contributed by atoms with van der Waals surface area (Å²) >= 11 is 0. The Kier molecular flexibility index (Phi) is 10.2. The molecule has 136 valence electrons. The van der Waals surface area contributed by atoms with Gasteiger partial charge < -0.3 is 15.7 Å². The molecular formula is C20H35N3O. The Morgan fingerprint density at radius 2 is 1.96 bits per heavy atom. The van der Waals surface area contributed by atoms with Gasteiger partial charge in [0.2, 0.25) is 0 Å². The van der Waals surface area contributed by atoms with Gasteiger partial charge >= 0.3 is 0 Å². The Balaban J connectivity index is 2.53. The lowest BCUT2D eigenvalue weighted by molar-refractivity contribution is 0.253. The molecule has 0 bridgehead atoms. The van der Waals surface area contributed by atoms with E-state index in [4.69, 9.17) is 10.1 Å². The minimum atomic E-state index is 0.247. The second kappa shape index (κ2) is 11.9. The Morgan fingerprint density at radius 3 is 2.58 bits per heavy atom. The highest BCUT2D eigenvalue weighted by Gasteiger charge is 2.07. The summed E-state index contributed by atoms with van der Waals surface area (Å²) in [5.41, 5.74) is 4.04. The van der Waals surface area contributed by atoms with Crippen LogP contribution in [0, 0.1) is 19.8 Å². The number of aliphatic imine (C=N–C) groups is 1. The molecule has 1 unspecified atom stereocenters. The summed E-state index contributed by atoms with van der Waals surface area (Å²) < 4.78 is 0. The number of hydrogen-bond donors (Lipinski definition) is 3. The molecule has 0 aliphatic carbocycles. The first-order chi connectivity index (χ1) is 11.6. The molecule has 1 aromatic carbocycles. The van der Waals surface area contributed by atoms with Crippen LogP contribution in [0.1, 0.15) is 49.8 Å². The minimum Gasteiger partial charge on any atom is -0.396 e. The van der Waals surface area contributed by atoms with Crippen molar-refractivity contribution in [2.75, 3.05) is 26.2 Å². The van der Waals surface area contributed by atoms with Crippen LogP contribution in [-0.2, 0) is 6.42 Å². The lowest BCUT2D eigenvalue weighted by atomic mass is 10.0. The second-order valence-corrected chi connectivity index (χ2v) is 6.49. The van der Waals surface area contributed by atoms with Crippen LogP contribution in [0.3, 0.4) is 0 Å². The molecule has 0 radical (unpaired) electrons. The summed E-state index contributed by atoms with van der Waals surface area (Å²) in [5, 5.41) is 15.9. The van der Waals surface area contributed by atoms with Crippen molar-refractivity contribution in [1.29, 1.82) is 0 Å². The standard InChI is InChI=1S/C20H35N3O/c1-5-7-18(11-13-24)15-23-20(21-6-2)22-12-10-19-9-8-16(3)14-17(19)4/h8-9,14,18,24H,5-7,10-13,15H2,1-4H3,(H2,21,22,23). The normalized spacial score (nSPS) is 13.0. The fourth-order valence-corrected chi connectivity index (χ4v) is 2.92. The summed E-state index contributed by atoms with van der Waals surface area (Å²) in [6.07, 6.45) is 4.08. The predicted octanol–water partition coefficient (Wildman–Crippen LogP) is 3.20. The highest BCUT2D eigenvalue weighted by atomic mass is 16.3. The van der Waals surface area contributed by atoms with E-state index >= 15 is 0 Å². The number of nitrogens with one attached hydrogen (secondary N) is 2. The van der Waals surface area contributed by atoms with Gasteiger partial charge in [-0.3, -0.25) is 4.99 Å². The van der Waals surface area contributed by atoms with Gasteiger partial charge in [0.25, 0.3) is 0 Å². The molecule has 0 saturated carbocycles. The number of aliphatic hydroxyl groups is 1. The van der Waals surface area contributed by atoms with E-state index in [0.717, 1.165) is 51.3 Å². The molecule has 0 saturated heterocycles. The SMILES string of the molecule is CCCC(CCO)CN=C(NCC)NCCc1ccc(C)cc1C. The Morgan fingerprint density at radius 1 is 1.17 bits per heavy atom. The molecule has 1 atom stereocenters. The van der Waals surface area contributed by atoms with Gasteiger partial charge in [0.1, 0.15) is 0 Å². The van der Waals surface area contributed by atoms with Crippen molar-refractivity contribution in [3.05, 3.63) is 34.9 Å². The lowest BCUT2D eigenvalue weighted by Crippen LogP contribution is -2.38. The molecule has 0 fully saturated rings. The van der Waals surface area contributed by atoms with Crippen molar-refractivity contribution in [2.24, 2.45) is 10.9 Å². The van der Waals surface area contributed by atoms with Crippen molar-refractivity contribution in [3.63, 3.8) is 0 Å². The predicted molar refractivity (Wildman–Crippen MR) is 104 cm³/mol. The largest absolute Gasteiger partial charge is 0.396 e. The molecule has 4 nitrogen and oxygen atoms in total. The molecule has 4 heteroatoms. The van der Waals surface area contributed by atoms with Crippen LogP contribution in [0.2, 0.25) is 0 Å². The smallest absolute Gasteiger partial charge is 0.191 e. The molecule has 0 aromatic heterocycles. The van der Waals surface area contributed by atoms with Crippen molar-refractivity contribution in [1.82, 2.24) is 10.6 Å². The van der Waals surface area contributed by atoms with E-state index in [2.05, 4.69) is 56.5 Å². The van der Waals surface area contributed by atoms with Crippen molar-refractivity contribution in [2.45, 2.75) is 53.4 Å². The minimum absolute atomic E-state index is 0.247. The molecule has 0 spiro atoms. The third kappa shape index (κ3) is 7.82. The average molecular weight is 334 g/mol. The Bertz CT molecular complexity index is 494. The van der Waals surface area contributed by atoms with Gasteiger partial charge in [-0.05, 0) is 57.1 Å². The van der Waals surface area contributed by atoms with Crippen LogP contribution in [0.15, 0.2) is 23.2 Å². The van der Waals surface area contributed by atoms with Crippen LogP contribution < -0.4 is 10.6 Å². The van der Waals surface area contributed by atoms with Crippen LogP contribution >= 0.6 is 0 Å². The first-order valence-electron chi connectivity index (χ1n) is 9.29. The summed E-state index contributed by atoms with van der Waals surface area (Å²) in [7, 11) is 0. The van der Waals surface area contributed by atoms with E-state index in [1.807, 2.05) is 0 Å². The monoisotopic (exact) mass is 333 g/mol. The zero-order chi connectivity index (χ0) is 17.8. The van der Waals surface area contributed by atoms with Crippen LogP contribution in [0.5, 0.6) is 0 Å². The fraction of sp³-hybridized carbons (Fsp3) is 0.650. The third-order valence-electron chi connectivity index (χ3n) is 4.27. The number of benzene rings is 1. The van der Waals surface area contributed by atoms with Crippen molar-refractivity contribution in [3.8, 4) is 0 Å². The van der Waals surface area contributed by atoms with E-state index < -0.39 is 0 Å². The first kappa shape index (κ1) is 20.5. The maximum Gasteiger partial charge on any atom is 0.191 e. The highest BCUT2D eigenvalue weighted by molar-refractivity contribution is 5.79. The number of nitrogens with zero attached hydrogens (tertiary/aromatic N) is 1. The first-order valence-corrected chi connectivity index (χ1v) is 9.29. The van der Waals surface area contributed by atoms with Gasteiger partial charge in [-0.25, -0.2) is 0 Å². The molecule has 1 aromatic rings. The summed E-state index contributed by atoms with van der Waals surface area (Å²) in [6, 6.07) is 6.62. The summed E-state index contributed by atoms with van der Waals surface area (Å²) in [5.74, 6) is 1.34. The van der Waals surface area contributed by atoms with Crippen molar-refractivity contribution >= 4 is 5.96 Å². The van der Waals surface area contributed by atoms with E-state index in [9.17, 15) is 0 Å². The highest BCUT2D eigenvalue weighted by Crippen LogP contribution is 2.12. The third-order valence-corrected chi connectivity index (χ3v) is 4.27. The Labute approximate surface area is 147 Å². The zero-order valence-electron chi connectivity index (χ0n) is 15.9. The molecule has 0 amide bonds. The van der Waals surface area contributed by atoms with Crippen LogP contribution in [0.4, 0.5) is 0 Å². The van der Waals surface area contributed by atoms with Gasteiger partial charge in [-0.1, -0.05) is 37.1 Å². The second-order valence-electron chi connectivity index (χ2n) is 6.49. The number of rotatable bonds is 10. The number of guanidine groups is 1. The van der Waals surface area contributed by atoms with E-state index in [1.54, 1.807) is 0 Å². The molecule has 24 heavy (non-hydrogen) atoms. The molecule has 0 aliphatic heterocycles. The molecule has 1 rings (SSSR count). The lowest BCUT2D eigenvalue weighted by Gasteiger charge is -2.15. The molecule has 3 N–H and O–H groups in total. The molecular weight excluding hydrogens is 298 g/mol. The van der Waals surface area contributed by atoms with Gasteiger partial charge in [0.15, 0.2) is 5.96 Å². The average Bonchev–Trinajstić information content (AvgIpc) is 2.54. The van der Waals surface area contributed by atoms with Gasteiger partial charge in [-0.2, -0.15) is 0 Å². The van der Waals surface area contributed by atoms with Crippen LogP contribution in [-0.4, -0.2) is 37.3 Å². The number of aliphatic hydroxyl groups excluding tert-OH is 1. The topological polar surface area (TPSA) is 56.7 Å². The van der Waals surface area contributed by atoms with Gasteiger partial charge in [-0.15, -0.1) is 0 Å².